The smallest absolute Gasteiger partial charge is 0.227 e. The van der Waals surface area contributed by atoms with Gasteiger partial charge >= 0.3 is 0 Å². The molecule has 0 atom stereocenters. The van der Waals surface area contributed by atoms with E-state index in [2.05, 4.69) is 0 Å². The van der Waals surface area contributed by atoms with E-state index in [4.69, 9.17) is 14.2 Å². The first-order chi connectivity index (χ1) is 10.2. The average molecular weight is 291 g/mol. The summed E-state index contributed by atoms with van der Waals surface area (Å²) in [5.41, 5.74) is 0.929. The second kappa shape index (κ2) is 6.03. The molecule has 21 heavy (non-hydrogen) atoms. The number of hydrogen-bond acceptors (Lipinski definition) is 4. The lowest BCUT2D eigenvalue weighted by molar-refractivity contribution is -0.187. The Morgan fingerprint density at radius 3 is 2.57 bits per heavy atom. The van der Waals surface area contributed by atoms with Gasteiger partial charge in [-0.1, -0.05) is 18.2 Å². The number of methoxy groups -OCH3 is 1. The standard InChI is InChI=1S/C16H21NO4/c1-19-14-5-3-2-4-13(14)12-15(18)17-8-6-16(7-9-17)20-10-11-21-16/h2-5H,6-12H2,1H3. The maximum absolute atomic E-state index is 12.4. The highest BCUT2D eigenvalue weighted by molar-refractivity contribution is 5.79. The van der Waals surface area contributed by atoms with Crippen LogP contribution in [0.3, 0.4) is 0 Å². The van der Waals surface area contributed by atoms with Crippen molar-refractivity contribution < 1.29 is 19.0 Å². The molecule has 2 saturated heterocycles. The van der Waals surface area contributed by atoms with Crippen molar-refractivity contribution in [2.24, 2.45) is 0 Å². The molecule has 1 amide bonds. The lowest BCUT2D eigenvalue weighted by Crippen LogP contribution is -2.47. The minimum absolute atomic E-state index is 0.132. The minimum Gasteiger partial charge on any atom is -0.496 e. The fraction of sp³-hybridized carbons (Fsp3) is 0.562. The zero-order chi connectivity index (χ0) is 14.7. The van der Waals surface area contributed by atoms with Crippen molar-refractivity contribution in [2.75, 3.05) is 33.4 Å². The summed E-state index contributed by atoms with van der Waals surface area (Å²) in [6, 6.07) is 7.65. The molecule has 1 spiro atoms. The maximum Gasteiger partial charge on any atom is 0.227 e. The van der Waals surface area contributed by atoms with Crippen LogP contribution in [0.25, 0.3) is 0 Å². The first-order valence-corrected chi connectivity index (χ1v) is 7.40. The molecule has 0 bridgehead atoms. The Kier molecular flexibility index (Phi) is 4.12. The molecular formula is C16H21NO4. The Bertz CT molecular complexity index is 501. The first kappa shape index (κ1) is 14.4. The molecule has 1 aromatic rings. The van der Waals surface area contributed by atoms with E-state index < -0.39 is 5.79 Å². The van der Waals surface area contributed by atoms with E-state index in [-0.39, 0.29) is 5.91 Å². The minimum atomic E-state index is -0.429. The number of likely N-dealkylation sites (tertiary alicyclic amines) is 1. The van der Waals surface area contributed by atoms with Gasteiger partial charge in [-0.25, -0.2) is 0 Å². The van der Waals surface area contributed by atoms with E-state index in [1.54, 1.807) is 7.11 Å². The van der Waals surface area contributed by atoms with Gasteiger partial charge in [0.15, 0.2) is 5.79 Å². The molecule has 0 saturated carbocycles. The summed E-state index contributed by atoms with van der Waals surface area (Å²) >= 11 is 0. The molecule has 2 aliphatic heterocycles. The Balaban J connectivity index is 1.59. The summed E-state index contributed by atoms with van der Waals surface area (Å²) in [5.74, 6) is 0.468. The van der Waals surface area contributed by atoms with E-state index in [1.165, 1.54) is 0 Å². The van der Waals surface area contributed by atoms with Gasteiger partial charge in [-0.3, -0.25) is 4.79 Å². The number of piperidine rings is 1. The zero-order valence-corrected chi connectivity index (χ0v) is 12.3. The molecule has 2 fully saturated rings. The van der Waals surface area contributed by atoms with Gasteiger partial charge in [-0.2, -0.15) is 0 Å². The molecule has 2 heterocycles. The summed E-state index contributed by atoms with van der Waals surface area (Å²) in [6.45, 7) is 2.70. The number of carbonyl (C=O) groups is 1. The molecule has 3 rings (SSSR count). The van der Waals surface area contributed by atoms with E-state index >= 15 is 0 Å². The molecule has 0 radical (unpaired) electrons. The fourth-order valence-corrected chi connectivity index (χ4v) is 3.01. The summed E-state index contributed by atoms with van der Waals surface area (Å²) in [6.07, 6.45) is 1.88. The topological polar surface area (TPSA) is 48.0 Å². The third kappa shape index (κ3) is 3.04. The Hall–Kier alpha value is -1.59. The number of hydrogen-bond donors (Lipinski definition) is 0. The second-order valence-corrected chi connectivity index (χ2v) is 5.48. The van der Waals surface area contributed by atoms with Crippen LogP contribution in [0.15, 0.2) is 24.3 Å². The van der Waals surface area contributed by atoms with Crippen molar-refractivity contribution in [1.82, 2.24) is 4.90 Å². The van der Waals surface area contributed by atoms with Crippen LogP contribution in [-0.2, 0) is 20.7 Å². The van der Waals surface area contributed by atoms with Gasteiger partial charge in [0.05, 0.1) is 26.7 Å². The van der Waals surface area contributed by atoms with Crippen LogP contribution >= 0.6 is 0 Å². The normalized spacial score (nSPS) is 20.7. The highest BCUT2D eigenvalue weighted by Gasteiger charge is 2.40. The second-order valence-electron chi connectivity index (χ2n) is 5.48. The molecule has 114 valence electrons. The lowest BCUT2D eigenvalue weighted by Gasteiger charge is -2.37. The van der Waals surface area contributed by atoms with Gasteiger partial charge < -0.3 is 19.1 Å². The van der Waals surface area contributed by atoms with Crippen molar-refractivity contribution in [3.8, 4) is 5.75 Å². The number of rotatable bonds is 3. The van der Waals surface area contributed by atoms with Crippen molar-refractivity contribution in [2.45, 2.75) is 25.0 Å². The van der Waals surface area contributed by atoms with Crippen LogP contribution in [0, 0.1) is 0 Å². The van der Waals surface area contributed by atoms with Crippen molar-refractivity contribution in [3.63, 3.8) is 0 Å². The molecule has 0 unspecified atom stereocenters. The SMILES string of the molecule is COc1ccccc1CC(=O)N1CCC2(CC1)OCCO2. The van der Waals surface area contributed by atoms with Crippen LogP contribution in [-0.4, -0.2) is 50.0 Å². The highest BCUT2D eigenvalue weighted by Crippen LogP contribution is 2.31. The summed E-state index contributed by atoms with van der Waals surface area (Å²) in [4.78, 5) is 14.3. The van der Waals surface area contributed by atoms with Crippen LogP contribution in [0.1, 0.15) is 18.4 Å². The van der Waals surface area contributed by atoms with Gasteiger partial charge in [0.2, 0.25) is 5.91 Å². The van der Waals surface area contributed by atoms with Crippen LogP contribution in [0.5, 0.6) is 5.75 Å². The first-order valence-electron chi connectivity index (χ1n) is 7.40. The quantitative estimate of drug-likeness (QED) is 0.849. The van der Waals surface area contributed by atoms with Crippen LogP contribution in [0.2, 0.25) is 0 Å². The van der Waals surface area contributed by atoms with Crippen molar-refractivity contribution in [3.05, 3.63) is 29.8 Å². The predicted molar refractivity (Wildman–Crippen MR) is 77.1 cm³/mol. The molecule has 0 N–H and O–H groups in total. The van der Waals surface area contributed by atoms with Crippen molar-refractivity contribution in [1.29, 1.82) is 0 Å². The lowest BCUT2D eigenvalue weighted by atomic mass is 10.0. The maximum atomic E-state index is 12.4. The Morgan fingerprint density at radius 1 is 1.24 bits per heavy atom. The Labute approximate surface area is 124 Å². The van der Waals surface area contributed by atoms with Crippen LogP contribution < -0.4 is 4.74 Å². The number of ether oxygens (including phenoxy) is 3. The van der Waals surface area contributed by atoms with Gasteiger partial charge in [0.1, 0.15) is 5.75 Å². The third-order valence-electron chi connectivity index (χ3n) is 4.23. The number of carbonyl (C=O) groups excluding carboxylic acids is 1. The van der Waals surface area contributed by atoms with Gasteiger partial charge in [-0.15, -0.1) is 0 Å². The number of nitrogens with zero attached hydrogens (tertiary/aromatic N) is 1. The predicted octanol–water partition coefficient (Wildman–Crippen LogP) is 1.60. The van der Waals surface area contributed by atoms with Gasteiger partial charge in [-0.05, 0) is 6.07 Å². The number of para-hydroxylation sites is 1. The van der Waals surface area contributed by atoms with E-state index in [1.807, 2.05) is 29.2 Å². The zero-order valence-electron chi connectivity index (χ0n) is 12.3. The van der Waals surface area contributed by atoms with E-state index in [9.17, 15) is 4.79 Å². The third-order valence-corrected chi connectivity index (χ3v) is 4.23. The largest absolute Gasteiger partial charge is 0.496 e. The molecule has 0 aliphatic carbocycles. The molecule has 5 nitrogen and oxygen atoms in total. The Morgan fingerprint density at radius 2 is 1.90 bits per heavy atom. The van der Waals surface area contributed by atoms with Gasteiger partial charge in [0.25, 0.3) is 0 Å². The van der Waals surface area contributed by atoms with Crippen LogP contribution in [0.4, 0.5) is 0 Å². The van der Waals surface area contributed by atoms with E-state index in [0.717, 1.165) is 24.2 Å². The number of amides is 1. The monoisotopic (exact) mass is 291 g/mol. The fourth-order valence-electron chi connectivity index (χ4n) is 3.01. The highest BCUT2D eigenvalue weighted by atomic mass is 16.7. The van der Waals surface area contributed by atoms with Crippen molar-refractivity contribution >= 4 is 5.91 Å². The number of benzene rings is 1. The molecule has 1 aromatic carbocycles. The molecule has 0 aromatic heterocycles. The summed E-state index contributed by atoms with van der Waals surface area (Å²) < 4.78 is 16.7. The summed E-state index contributed by atoms with van der Waals surface area (Å²) in [7, 11) is 1.63. The molecule has 5 heteroatoms. The van der Waals surface area contributed by atoms with Gasteiger partial charge in [0, 0.05) is 31.5 Å². The summed E-state index contributed by atoms with van der Waals surface area (Å²) in [5, 5.41) is 0. The molecule has 2 aliphatic rings. The average Bonchev–Trinajstić information content (AvgIpc) is 2.96. The molecular weight excluding hydrogens is 270 g/mol. The van der Waals surface area contributed by atoms with E-state index in [0.29, 0.717) is 32.7 Å².